The van der Waals surface area contributed by atoms with Crippen LogP contribution in [0.25, 0.3) is 0 Å². The molecule has 0 unspecified atom stereocenters. The molecule has 0 aliphatic heterocycles. The van der Waals surface area contributed by atoms with Crippen molar-refractivity contribution in [3.05, 3.63) is 29.3 Å². The summed E-state index contributed by atoms with van der Waals surface area (Å²) in [7, 11) is 0. The second kappa shape index (κ2) is 9.06. The number of benzene rings is 1. The van der Waals surface area contributed by atoms with Crippen molar-refractivity contribution in [1.29, 1.82) is 0 Å². The summed E-state index contributed by atoms with van der Waals surface area (Å²) in [5, 5.41) is 3.45. The molecule has 0 aliphatic rings. The van der Waals surface area contributed by atoms with E-state index in [1.165, 1.54) is 0 Å². The number of carbonyl (C=O) groups is 1. The second-order valence-corrected chi connectivity index (χ2v) is 6.73. The first-order valence-corrected chi connectivity index (χ1v) is 8.03. The molecule has 1 rings (SSSR count). The lowest BCUT2D eigenvalue weighted by molar-refractivity contribution is -0.116. The SMILES string of the molecule is CC(C)CN(CCC(=O)Nc1ccccc1Cl)CC(C)C. The third-order valence-electron chi connectivity index (χ3n) is 3.05. The Morgan fingerprint density at radius 2 is 1.71 bits per heavy atom. The average molecular weight is 311 g/mol. The summed E-state index contributed by atoms with van der Waals surface area (Å²) in [6, 6.07) is 7.32. The number of rotatable bonds is 8. The van der Waals surface area contributed by atoms with Crippen LogP contribution in [0.2, 0.25) is 5.02 Å². The van der Waals surface area contributed by atoms with Crippen molar-refractivity contribution < 1.29 is 4.79 Å². The molecule has 0 spiro atoms. The fraction of sp³-hybridized carbons (Fsp3) is 0.588. The Morgan fingerprint density at radius 3 is 2.24 bits per heavy atom. The third-order valence-corrected chi connectivity index (χ3v) is 3.38. The number of anilines is 1. The molecule has 0 atom stereocenters. The topological polar surface area (TPSA) is 32.3 Å². The highest BCUT2D eigenvalue weighted by Gasteiger charge is 2.12. The van der Waals surface area contributed by atoms with Crippen molar-refractivity contribution in [2.45, 2.75) is 34.1 Å². The Bertz CT molecular complexity index is 436. The van der Waals surface area contributed by atoms with Gasteiger partial charge in [0.15, 0.2) is 0 Å². The zero-order valence-electron chi connectivity index (χ0n) is 13.5. The van der Waals surface area contributed by atoms with Crippen LogP contribution in [0.15, 0.2) is 24.3 Å². The van der Waals surface area contributed by atoms with Crippen LogP contribution in [0.1, 0.15) is 34.1 Å². The number of halogens is 1. The van der Waals surface area contributed by atoms with Crippen molar-refractivity contribution in [2.75, 3.05) is 25.0 Å². The van der Waals surface area contributed by atoms with Crippen molar-refractivity contribution in [3.63, 3.8) is 0 Å². The molecule has 0 saturated carbocycles. The predicted molar refractivity (Wildman–Crippen MR) is 90.8 cm³/mol. The number of nitrogens with zero attached hydrogens (tertiary/aromatic N) is 1. The quantitative estimate of drug-likeness (QED) is 0.777. The van der Waals surface area contributed by atoms with Gasteiger partial charge < -0.3 is 10.2 Å². The summed E-state index contributed by atoms with van der Waals surface area (Å²) in [4.78, 5) is 14.4. The molecule has 0 heterocycles. The van der Waals surface area contributed by atoms with Gasteiger partial charge in [0.05, 0.1) is 10.7 Å². The van der Waals surface area contributed by atoms with E-state index in [0.29, 0.717) is 29.0 Å². The van der Waals surface area contributed by atoms with Gasteiger partial charge in [-0.1, -0.05) is 51.4 Å². The van der Waals surface area contributed by atoms with E-state index in [-0.39, 0.29) is 5.91 Å². The van der Waals surface area contributed by atoms with Crippen LogP contribution in [0.4, 0.5) is 5.69 Å². The van der Waals surface area contributed by atoms with E-state index in [4.69, 9.17) is 11.6 Å². The predicted octanol–water partition coefficient (Wildman–Crippen LogP) is 4.28. The second-order valence-electron chi connectivity index (χ2n) is 6.33. The van der Waals surface area contributed by atoms with Crippen molar-refractivity contribution in [3.8, 4) is 0 Å². The van der Waals surface area contributed by atoms with Crippen LogP contribution < -0.4 is 5.32 Å². The number of carbonyl (C=O) groups excluding carboxylic acids is 1. The molecule has 0 aromatic heterocycles. The zero-order valence-corrected chi connectivity index (χ0v) is 14.3. The van der Waals surface area contributed by atoms with Gasteiger partial charge in [-0.05, 0) is 24.0 Å². The Hall–Kier alpha value is -1.06. The molecule has 3 nitrogen and oxygen atoms in total. The molecule has 0 radical (unpaired) electrons. The minimum atomic E-state index is 0.0145. The lowest BCUT2D eigenvalue weighted by atomic mass is 10.1. The van der Waals surface area contributed by atoms with E-state index in [9.17, 15) is 4.79 Å². The van der Waals surface area contributed by atoms with Crippen LogP contribution in [-0.2, 0) is 4.79 Å². The van der Waals surface area contributed by atoms with Crippen LogP contribution >= 0.6 is 11.6 Å². The van der Waals surface area contributed by atoms with Crippen LogP contribution in [0, 0.1) is 11.8 Å². The van der Waals surface area contributed by atoms with Crippen LogP contribution in [0.5, 0.6) is 0 Å². The molecule has 1 N–H and O–H groups in total. The van der Waals surface area contributed by atoms with Gasteiger partial charge in [0, 0.05) is 26.1 Å². The summed E-state index contributed by atoms with van der Waals surface area (Å²) < 4.78 is 0. The molecule has 0 fully saturated rings. The highest BCUT2D eigenvalue weighted by atomic mass is 35.5. The first-order chi connectivity index (χ1) is 9.88. The number of amides is 1. The van der Waals surface area contributed by atoms with E-state index in [0.717, 1.165) is 19.6 Å². The highest BCUT2D eigenvalue weighted by molar-refractivity contribution is 6.33. The van der Waals surface area contributed by atoms with Gasteiger partial charge in [0.25, 0.3) is 0 Å². The third kappa shape index (κ3) is 7.49. The molecule has 1 amide bonds. The molecule has 1 aromatic rings. The first kappa shape index (κ1) is 18.0. The van der Waals surface area contributed by atoms with Crippen molar-refractivity contribution in [1.82, 2.24) is 4.90 Å². The van der Waals surface area contributed by atoms with Gasteiger partial charge in [0.1, 0.15) is 0 Å². The maximum atomic E-state index is 12.0. The van der Waals surface area contributed by atoms with E-state index in [1.54, 1.807) is 6.07 Å². The molecule has 0 saturated heterocycles. The van der Waals surface area contributed by atoms with Gasteiger partial charge in [-0.3, -0.25) is 4.79 Å². The first-order valence-electron chi connectivity index (χ1n) is 7.65. The lowest BCUT2D eigenvalue weighted by Crippen LogP contribution is -2.34. The van der Waals surface area contributed by atoms with E-state index in [2.05, 4.69) is 37.9 Å². The molecular formula is C17H27ClN2O. The molecule has 0 bridgehead atoms. The van der Waals surface area contributed by atoms with E-state index >= 15 is 0 Å². The molecule has 118 valence electrons. The van der Waals surface area contributed by atoms with Gasteiger partial charge >= 0.3 is 0 Å². The van der Waals surface area contributed by atoms with Gasteiger partial charge in [-0.15, -0.1) is 0 Å². The number of hydrogen-bond donors (Lipinski definition) is 1. The lowest BCUT2D eigenvalue weighted by Gasteiger charge is -2.25. The Kier molecular flexibility index (Phi) is 7.76. The minimum absolute atomic E-state index is 0.0145. The van der Waals surface area contributed by atoms with Crippen molar-refractivity contribution >= 4 is 23.2 Å². The monoisotopic (exact) mass is 310 g/mol. The fourth-order valence-corrected chi connectivity index (χ4v) is 2.51. The van der Waals surface area contributed by atoms with E-state index < -0.39 is 0 Å². The standard InChI is InChI=1S/C17H27ClN2O/c1-13(2)11-20(12-14(3)4)10-9-17(21)19-16-8-6-5-7-15(16)18/h5-8,13-14H,9-12H2,1-4H3,(H,19,21). The summed E-state index contributed by atoms with van der Waals surface area (Å²) >= 11 is 6.04. The maximum Gasteiger partial charge on any atom is 0.225 e. The largest absolute Gasteiger partial charge is 0.325 e. The number of hydrogen-bond acceptors (Lipinski definition) is 2. The normalized spacial score (nSPS) is 11.4. The molecule has 1 aromatic carbocycles. The number of para-hydroxylation sites is 1. The molecule has 0 aliphatic carbocycles. The average Bonchev–Trinajstić information content (AvgIpc) is 2.37. The minimum Gasteiger partial charge on any atom is -0.325 e. The van der Waals surface area contributed by atoms with Crippen molar-refractivity contribution in [2.24, 2.45) is 11.8 Å². The van der Waals surface area contributed by atoms with Gasteiger partial charge in [-0.25, -0.2) is 0 Å². The maximum absolute atomic E-state index is 12.0. The van der Waals surface area contributed by atoms with Crippen LogP contribution in [-0.4, -0.2) is 30.4 Å². The summed E-state index contributed by atoms with van der Waals surface area (Å²) in [6.45, 7) is 11.7. The Morgan fingerprint density at radius 1 is 1.14 bits per heavy atom. The summed E-state index contributed by atoms with van der Waals surface area (Å²) in [5.74, 6) is 1.23. The molecule has 21 heavy (non-hydrogen) atoms. The van der Waals surface area contributed by atoms with Gasteiger partial charge in [0.2, 0.25) is 5.91 Å². The molecular weight excluding hydrogens is 284 g/mol. The van der Waals surface area contributed by atoms with E-state index in [1.807, 2.05) is 18.2 Å². The highest BCUT2D eigenvalue weighted by Crippen LogP contribution is 2.20. The van der Waals surface area contributed by atoms with Gasteiger partial charge in [-0.2, -0.15) is 0 Å². The summed E-state index contributed by atoms with van der Waals surface area (Å²) in [5.41, 5.74) is 0.684. The number of nitrogens with one attached hydrogen (secondary N) is 1. The summed E-state index contributed by atoms with van der Waals surface area (Å²) in [6.07, 6.45) is 0.491. The Balaban J connectivity index is 2.47. The van der Waals surface area contributed by atoms with Crippen LogP contribution in [0.3, 0.4) is 0 Å². The fourth-order valence-electron chi connectivity index (χ4n) is 2.32. The molecule has 4 heteroatoms. The smallest absolute Gasteiger partial charge is 0.225 e. The Labute approximate surface area is 133 Å². The zero-order chi connectivity index (χ0) is 15.8.